The summed E-state index contributed by atoms with van der Waals surface area (Å²) in [6.07, 6.45) is 6.47. The van der Waals surface area contributed by atoms with Crippen LogP contribution in [0.2, 0.25) is 0 Å². The summed E-state index contributed by atoms with van der Waals surface area (Å²) in [5, 5.41) is 4.04. The first-order valence-electron chi connectivity index (χ1n) is 12.0. The largest absolute Gasteiger partial charge is 0.379 e. The Morgan fingerprint density at radius 3 is 2.58 bits per heavy atom. The number of hydrogen-bond donors (Lipinski definition) is 1. The quantitative estimate of drug-likeness (QED) is 0.719. The molecule has 178 valence electrons. The number of benzene rings is 1. The third-order valence-electron chi connectivity index (χ3n) is 7.07. The number of ether oxygens (including phenoxy) is 1. The van der Waals surface area contributed by atoms with Gasteiger partial charge in [0.2, 0.25) is 15.9 Å². The van der Waals surface area contributed by atoms with E-state index in [2.05, 4.69) is 10.2 Å². The molecule has 0 radical (unpaired) electrons. The van der Waals surface area contributed by atoms with E-state index < -0.39 is 10.0 Å². The zero-order valence-electron chi connectivity index (χ0n) is 18.9. The smallest absolute Gasteiger partial charge is 0.243 e. The van der Waals surface area contributed by atoms with Crippen molar-refractivity contribution in [1.29, 1.82) is 0 Å². The first kappa shape index (κ1) is 22.6. The van der Waals surface area contributed by atoms with Gasteiger partial charge in [0.25, 0.3) is 0 Å². The van der Waals surface area contributed by atoms with E-state index in [1.54, 1.807) is 18.2 Å². The lowest BCUT2D eigenvalue weighted by Gasteiger charge is -2.33. The molecule has 1 atom stereocenters. The maximum absolute atomic E-state index is 13.0. The lowest BCUT2D eigenvalue weighted by Crippen LogP contribution is -2.45. The number of aromatic nitrogens is 1. The number of morpholine rings is 1. The number of nitrogens with one attached hydrogen (secondary N) is 1. The van der Waals surface area contributed by atoms with Gasteiger partial charge in [-0.1, -0.05) is 12.8 Å². The van der Waals surface area contributed by atoms with Gasteiger partial charge in [-0.2, -0.15) is 4.31 Å². The van der Waals surface area contributed by atoms with Gasteiger partial charge in [0, 0.05) is 37.6 Å². The van der Waals surface area contributed by atoms with Gasteiger partial charge in [0.05, 0.1) is 29.5 Å². The van der Waals surface area contributed by atoms with Gasteiger partial charge >= 0.3 is 0 Å². The zero-order chi connectivity index (χ0) is 22.8. The van der Waals surface area contributed by atoms with E-state index >= 15 is 0 Å². The highest BCUT2D eigenvalue weighted by Gasteiger charge is 2.29. The number of sulfonamides is 1. The van der Waals surface area contributed by atoms with Crippen molar-refractivity contribution in [2.45, 2.75) is 49.5 Å². The second-order valence-corrected chi connectivity index (χ2v) is 11.3. The van der Waals surface area contributed by atoms with Gasteiger partial charge < -0.3 is 15.0 Å². The van der Waals surface area contributed by atoms with Crippen LogP contribution < -0.4 is 10.2 Å². The van der Waals surface area contributed by atoms with Crippen molar-refractivity contribution in [3.63, 3.8) is 0 Å². The number of carbonyl (C=O) groups excluding carboxylic acids is 1. The van der Waals surface area contributed by atoms with Crippen molar-refractivity contribution in [3.8, 4) is 0 Å². The van der Waals surface area contributed by atoms with Crippen LogP contribution in [-0.4, -0.2) is 69.0 Å². The minimum Gasteiger partial charge on any atom is -0.379 e. The van der Waals surface area contributed by atoms with Crippen molar-refractivity contribution in [3.05, 3.63) is 30.3 Å². The molecule has 2 aliphatic heterocycles. The highest BCUT2D eigenvalue weighted by Crippen LogP contribution is 2.27. The topological polar surface area (TPSA) is 91.8 Å². The van der Waals surface area contributed by atoms with E-state index in [9.17, 15) is 13.2 Å². The molecule has 9 heteroatoms. The van der Waals surface area contributed by atoms with E-state index in [1.807, 2.05) is 12.1 Å². The number of anilines is 1. The third-order valence-corrected chi connectivity index (χ3v) is 8.97. The maximum Gasteiger partial charge on any atom is 0.243 e. The SMILES string of the molecule is O=C(NC1CCCC1)[C@@H]1CCCN(c2ccc3cc(S(=O)(=O)N4CCOCC4)ccc3n2)C1. The summed E-state index contributed by atoms with van der Waals surface area (Å²) in [5.74, 6) is 0.993. The number of rotatable bonds is 5. The van der Waals surface area contributed by atoms with Crippen LogP contribution in [0.15, 0.2) is 35.2 Å². The lowest BCUT2D eigenvalue weighted by molar-refractivity contribution is -0.125. The third kappa shape index (κ3) is 4.85. The highest BCUT2D eigenvalue weighted by atomic mass is 32.2. The van der Waals surface area contributed by atoms with E-state index in [0.717, 1.165) is 48.9 Å². The molecule has 1 aromatic carbocycles. The minimum absolute atomic E-state index is 0.0158. The first-order valence-corrected chi connectivity index (χ1v) is 13.5. The molecule has 8 nitrogen and oxygen atoms in total. The molecule has 2 saturated heterocycles. The normalized spacial score (nSPS) is 23.2. The molecule has 3 fully saturated rings. The maximum atomic E-state index is 13.0. The Labute approximate surface area is 195 Å². The molecule has 0 bridgehead atoms. The molecule has 0 spiro atoms. The van der Waals surface area contributed by atoms with Crippen LogP contribution in [0, 0.1) is 5.92 Å². The Bertz CT molecular complexity index is 1110. The van der Waals surface area contributed by atoms with Crippen molar-refractivity contribution >= 4 is 32.7 Å². The van der Waals surface area contributed by atoms with Crippen LogP contribution in [0.1, 0.15) is 38.5 Å². The van der Waals surface area contributed by atoms with Gasteiger partial charge in [0.1, 0.15) is 5.82 Å². The molecule has 1 saturated carbocycles. The molecule has 1 aromatic heterocycles. The molecule has 2 aromatic rings. The van der Waals surface area contributed by atoms with Gasteiger partial charge in [-0.25, -0.2) is 13.4 Å². The molecule has 1 N–H and O–H groups in total. The number of nitrogens with zero attached hydrogens (tertiary/aromatic N) is 3. The highest BCUT2D eigenvalue weighted by molar-refractivity contribution is 7.89. The summed E-state index contributed by atoms with van der Waals surface area (Å²) in [5.41, 5.74) is 0.756. The number of fused-ring (bicyclic) bond motifs is 1. The molecule has 1 aliphatic carbocycles. The molecular formula is C24H32N4O4S. The predicted molar refractivity (Wildman–Crippen MR) is 127 cm³/mol. The molecule has 33 heavy (non-hydrogen) atoms. The molecule has 3 heterocycles. The average Bonchev–Trinajstić information content (AvgIpc) is 3.37. The summed E-state index contributed by atoms with van der Waals surface area (Å²) < 4.78 is 32.7. The predicted octanol–water partition coefficient (Wildman–Crippen LogP) is 2.53. The summed E-state index contributed by atoms with van der Waals surface area (Å²) in [7, 11) is -3.54. The fourth-order valence-electron chi connectivity index (χ4n) is 5.15. The number of piperidine rings is 1. The van der Waals surface area contributed by atoms with Crippen LogP contribution in [-0.2, 0) is 19.6 Å². The Morgan fingerprint density at radius 1 is 1.00 bits per heavy atom. The number of carbonyl (C=O) groups is 1. The van der Waals surface area contributed by atoms with Crippen LogP contribution in [0.25, 0.3) is 10.9 Å². The molecule has 3 aliphatic rings. The fraction of sp³-hybridized carbons (Fsp3) is 0.583. The Balaban J connectivity index is 1.30. The Hall–Kier alpha value is -2.23. The van der Waals surface area contributed by atoms with Crippen LogP contribution >= 0.6 is 0 Å². The van der Waals surface area contributed by atoms with Crippen LogP contribution in [0.3, 0.4) is 0 Å². The van der Waals surface area contributed by atoms with Gasteiger partial charge in [0.15, 0.2) is 0 Å². The van der Waals surface area contributed by atoms with Gasteiger partial charge in [-0.05, 0) is 56.0 Å². The van der Waals surface area contributed by atoms with E-state index in [-0.39, 0.29) is 16.7 Å². The van der Waals surface area contributed by atoms with Crippen LogP contribution in [0.5, 0.6) is 0 Å². The van der Waals surface area contributed by atoms with Crippen molar-refractivity contribution in [2.75, 3.05) is 44.3 Å². The fourth-order valence-corrected chi connectivity index (χ4v) is 6.60. The summed E-state index contributed by atoms with van der Waals surface area (Å²) in [6, 6.07) is 9.32. The molecule has 1 amide bonds. The Kier molecular flexibility index (Phi) is 6.53. The van der Waals surface area contributed by atoms with Crippen molar-refractivity contribution in [1.82, 2.24) is 14.6 Å². The first-order chi connectivity index (χ1) is 16.0. The number of hydrogen-bond acceptors (Lipinski definition) is 6. The standard InChI is InChI=1S/C24H32N4O4S/c29-24(25-20-5-1-2-6-20)19-4-3-11-27(17-19)23-10-7-18-16-21(8-9-22(18)26-23)33(30,31)28-12-14-32-15-13-28/h7-10,16,19-20H,1-6,11-15,17H2,(H,25,29)/t19-/m1/s1. The van der Waals surface area contributed by atoms with E-state index in [4.69, 9.17) is 9.72 Å². The van der Waals surface area contributed by atoms with Gasteiger partial charge in [-0.15, -0.1) is 0 Å². The lowest BCUT2D eigenvalue weighted by atomic mass is 9.96. The number of pyridine rings is 1. The minimum atomic E-state index is -3.54. The number of amides is 1. The van der Waals surface area contributed by atoms with Gasteiger partial charge in [-0.3, -0.25) is 4.79 Å². The summed E-state index contributed by atoms with van der Waals surface area (Å²) in [4.78, 5) is 20.0. The average molecular weight is 473 g/mol. The zero-order valence-corrected chi connectivity index (χ0v) is 19.7. The summed E-state index contributed by atoms with van der Waals surface area (Å²) in [6.45, 7) is 3.14. The summed E-state index contributed by atoms with van der Waals surface area (Å²) >= 11 is 0. The van der Waals surface area contributed by atoms with Crippen LogP contribution in [0.4, 0.5) is 5.82 Å². The van der Waals surface area contributed by atoms with Crippen molar-refractivity contribution < 1.29 is 17.9 Å². The molecule has 0 unspecified atom stereocenters. The van der Waals surface area contributed by atoms with Crippen molar-refractivity contribution in [2.24, 2.45) is 5.92 Å². The molecular weight excluding hydrogens is 440 g/mol. The van der Waals surface area contributed by atoms with E-state index in [1.165, 1.54) is 17.1 Å². The second-order valence-electron chi connectivity index (χ2n) is 9.32. The van der Waals surface area contributed by atoms with E-state index in [0.29, 0.717) is 38.9 Å². The Morgan fingerprint density at radius 2 is 1.79 bits per heavy atom. The molecule has 5 rings (SSSR count). The second kappa shape index (κ2) is 9.56. The monoisotopic (exact) mass is 472 g/mol.